The number of benzene rings is 2. The third kappa shape index (κ3) is 3.56. The summed E-state index contributed by atoms with van der Waals surface area (Å²) in [6.45, 7) is 3.40. The van der Waals surface area contributed by atoms with Crippen LogP contribution in [0.3, 0.4) is 0 Å². The van der Waals surface area contributed by atoms with E-state index in [1.54, 1.807) is 4.90 Å². The fourth-order valence-corrected chi connectivity index (χ4v) is 2.84. The minimum absolute atomic E-state index is 0.139. The Labute approximate surface area is 141 Å². The lowest BCUT2D eigenvalue weighted by Gasteiger charge is -2.35. The van der Waals surface area contributed by atoms with Gasteiger partial charge in [-0.2, -0.15) is 0 Å². The third-order valence-corrected chi connectivity index (χ3v) is 4.15. The molecule has 0 aromatic heterocycles. The lowest BCUT2D eigenvalue weighted by Crippen LogP contribution is -2.54. The molecule has 3 rings (SSSR count). The number of nitrogens with one attached hydrogen (secondary N) is 2. The van der Waals surface area contributed by atoms with E-state index >= 15 is 0 Å². The Morgan fingerprint density at radius 3 is 2.58 bits per heavy atom. The van der Waals surface area contributed by atoms with Gasteiger partial charge >= 0.3 is 6.03 Å². The molecule has 5 heteroatoms. The molecule has 3 amide bonds. The van der Waals surface area contributed by atoms with E-state index < -0.39 is 6.04 Å². The molecule has 124 valence electrons. The van der Waals surface area contributed by atoms with E-state index in [4.69, 9.17) is 0 Å². The van der Waals surface area contributed by atoms with E-state index in [-0.39, 0.29) is 11.9 Å². The molecule has 0 aliphatic carbocycles. The Bertz CT molecular complexity index is 713. The summed E-state index contributed by atoms with van der Waals surface area (Å²) in [5, 5.41) is 5.75. The minimum atomic E-state index is -0.588. The average Bonchev–Trinajstić information content (AvgIpc) is 2.61. The minimum Gasteiger partial charge on any atom is -0.352 e. The molecule has 5 nitrogen and oxygen atoms in total. The van der Waals surface area contributed by atoms with Crippen molar-refractivity contribution in [2.45, 2.75) is 19.5 Å². The Morgan fingerprint density at radius 2 is 1.88 bits per heavy atom. The third-order valence-electron chi connectivity index (χ3n) is 4.15. The number of hydrogen-bond donors (Lipinski definition) is 2. The van der Waals surface area contributed by atoms with E-state index in [0.29, 0.717) is 19.6 Å². The van der Waals surface area contributed by atoms with Crippen LogP contribution in [0, 0.1) is 6.92 Å². The number of hydrogen-bond acceptors (Lipinski definition) is 2. The first kappa shape index (κ1) is 16.1. The van der Waals surface area contributed by atoms with Gasteiger partial charge in [-0.3, -0.25) is 4.79 Å². The lowest BCUT2D eigenvalue weighted by molar-refractivity contribution is -0.127. The zero-order valence-corrected chi connectivity index (χ0v) is 13.7. The van der Waals surface area contributed by atoms with Crippen molar-refractivity contribution in [3.8, 4) is 0 Å². The summed E-state index contributed by atoms with van der Waals surface area (Å²) < 4.78 is 0. The molecule has 1 fully saturated rings. The Morgan fingerprint density at radius 1 is 1.17 bits per heavy atom. The van der Waals surface area contributed by atoms with Crippen molar-refractivity contribution in [3.63, 3.8) is 0 Å². The Hall–Kier alpha value is -2.82. The van der Waals surface area contributed by atoms with Crippen LogP contribution in [-0.4, -0.2) is 29.9 Å². The quantitative estimate of drug-likeness (QED) is 0.911. The molecule has 1 heterocycles. The summed E-state index contributed by atoms with van der Waals surface area (Å²) >= 11 is 0. The van der Waals surface area contributed by atoms with Crippen LogP contribution in [0.4, 0.5) is 4.79 Å². The van der Waals surface area contributed by atoms with Crippen molar-refractivity contribution in [1.29, 1.82) is 0 Å². The van der Waals surface area contributed by atoms with Crippen molar-refractivity contribution in [1.82, 2.24) is 15.5 Å². The maximum absolute atomic E-state index is 12.6. The van der Waals surface area contributed by atoms with E-state index in [9.17, 15) is 9.59 Å². The normalized spacial score (nSPS) is 17.3. The molecule has 0 spiro atoms. The zero-order valence-electron chi connectivity index (χ0n) is 13.7. The predicted molar refractivity (Wildman–Crippen MR) is 92.3 cm³/mol. The summed E-state index contributed by atoms with van der Waals surface area (Å²) in [7, 11) is 0. The van der Waals surface area contributed by atoms with Crippen molar-refractivity contribution >= 4 is 11.9 Å². The van der Waals surface area contributed by atoms with Crippen molar-refractivity contribution < 1.29 is 9.59 Å². The van der Waals surface area contributed by atoms with Crippen LogP contribution in [0.1, 0.15) is 22.7 Å². The van der Waals surface area contributed by atoms with E-state index in [0.717, 1.165) is 16.7 Å². The fraction of sp³-hybridized carbons (Fsp3) is 0.263. The van der Waals surface area contributed by atoms with E-state index in [1.807, 2.05) is 61.5 Å². The Balaban J connectivity index is 1.74. The SMILES string of the molecule is Cc1ccc(C2C(=O)NCCN2C(=O)NCc2ccccc2)cc1. The maximum Gasteiger partial charge on any atom is 0.318 e. The highest BCUT2D eigenvalue weighted by Crippen LogP contribution is 2.23. The molecule has 2 aromatic carbocycles. The van der Waals surface area contributed by atoms with Crippen LogP contribution in [-0.2, 0) is 11.3 Å². The van der Waals surface area contributed by atoms with Crippen molar-refractivity contribution in [2.24, 2.45) is 0 Å². The van der Waals surface area contributed by atoms with Crippen molar-refractivity contribution in [3.05, 3.63) is 71.3 Å². The number of carbonyl (C=O) groups is 2. The molecular weight excluding hydrogens is 302 g/mol. The van der Waals surface area contributed by atoms with Crippen LogP contribution in [0.15, 0.2) is 54.6 Å². The fourth-order valence-electron chi connectivity index (χ4n) is 2.84. The highest BCUT2D eigenvalue weighted by atomic mass is 16.2. The number of aryl methyl sites for hydroxylation is 1. The first-order valence-corrected chi connectivity index (χ1v) is 8.08. The van der Waals surface area contributed by atoms with Gasteiger partial charge < -0.3 is 15.5 Å². The number of nitrogens with zero attached hydrogens (tertiary/aromatic N) is 1. The first-order chi connectivity index (χ1) is 11.6. The molecule has 1 atom stereocenters. The molecule has 0 radical (unpaired) electrons. The van der Waals surface area contributed by atoms with Gasteiger partial charge in [0.2, 0.25) is 5.91 Å². The highest BCUT2D eigenvalue weighted by Gasteiger charge is 2.34. The molecular formula is C19H21N3O2. The molecule has 2 aromatic rings. The van der Waals surface area contributed by atoms with Gasteiger partial charge in [0.1, 0.15) is 6.04 Å². The van der Waals surface area contributed by atoms with Gasteiger partial charge in [0.05, 0.1) is 0 Å². The standard InChI is InChI=1S/C19H21N3O2/c1-14-7-9-16(10-8-14)17-18(23)20-11-12-22(17)19(24)21-13-15-5-3-2-4-6-15/h2-10,17H,11-13H2,1H3,(H,20,23)(H,21,24). The number of rotatable bonds is 3. The molecule has 2 N–H and O–H groups in total. The summed E-state index contributed by atoms with van der Waals surface area (Å²) in [5.41, 5.74) is 2.97. The highest BCUT2D eigenvalue weighted by molar-refractivity contribution is 5.89. The molecule has 1 unspecified atom stereocenters. The lowest BCUT2D eigenvalue weighted by atomic mass is 10.0. The zero-order chi connectivity index (χ0) is 16.9. The largest absolute Gasteiger partial charge is 0.352 e. The molecule has 1 aliphatic heterocycles. The van der Waals surface area contributed by atoms with Gasteiger partial charge in [-0.25, -0.2) is 4.79 Å². The number of piperazine rings is 1. The summed E-state index contributed by atoms with van der Waals surface area (Å²) in [6.07, 6.45) is 0. The van der Waals surface area contributed by atoms with Crippen LogP contribution in [0.2, 0.25) is 0 Å². The van der Waals surface area contributed by atoms with Gasteiger partial charge in [0.25, 0.3) is 0 Å². The van der Waals surface area contributed by atoms with Gasteiger partial charge in [0.15, 0.2) is 0 Å². The molecule has 1 saturated heterocycles. The summed E-state index contributed by atoms with van der Waals surface area (Å²) in [4.78, 5) is 26.5. The molecule has 0 bridgehead atoms. The van der Waals surface area contributed by atoms with Crippen LogP contribution >= 0.6 is 0 Å². The van der Waals surface area contributed by atoms with Gasteiger partial charge in [0, 0.05) is 19.6 Å². The van der Waals surface area contributed by atoms with Gasteiger partial charge in [-0.15, -0.1) is 0 Å². The second-order valence-electron chi connectivity index (χ2n) is 5.94. The monoisotopic (exact) mass is 323 g/mol. The van der Waals surface area contributed by atoms with E-state index in [2.05, 4.69) is 10.6 Å². The first-order valence-electron chi connectivity index (χ1n) is 8.08. The molecule has 1 aliphatic rings. The summed E-state index contributed by atoms with van der Waals surface area (Å²) in [5.74, 6) is -0.139. The van der Waals surface area contributed by atoms with E-state index in [1.165, 1.54) is 0 Å². The van der Waals surface area contributed by atoms with Crippen molar-refractivity contribution in [2.75, 3.05) is 13.1 Å². The average molecular weight is 323 g/mol. The van der Waals surface area contributed by atoms with Crippen LogP contribution < -0.4 is 10.6 Å². The topological polar surface area (TPSA) is 61.4 Å². The van der Waals surface area contributed by atoms with Gasteiger partial charge in [-0.1, -0.05) is 60.2 Å². The van der Waals surface area contributed by atoms with Crippen LogP contribution in [0.25, 0.3) is 0 Å². The second kappa shape index (κ2) is 7.17. The van der Waals surface area contributed by atoms with Crippen LogP contribution in [0.5, 0.6) is 0 Å². The number of amides is 3. The second-order valence-corrected chi connectivity index (χ2v) is 5.94. The molecule has 0 saturated carbocycles. The summed E-state index contributed by atoms with van der Waals surface area (Å²) in [6, 6.07) is 16.6. The smallest absolute Gasteiger partial charge is 0.318 e. The number of carbonyl (C=O) groups excluding carboxylic acids is 2. The molecule has 24 heavy (non-hydrogen) atoms. The number of urea groups is 1. The Kier molecular flexibility index (Phi) is 4.79. The predicted octanol–water partition coefficient (Wildman–Crippen LogP) is 2.38. The van der Waals surface area contributed by atoms with Gasteiger partial charge in [-0.05, 0) is 18.1 Å². The maximum atomic E-state index is 12.6.